The van der Waals surface area contributed by atoms with E-state index in [0.29, 0.717) is 5.75 Å². The largest absolute Gasteiger partial charge is 0.373 e. The molecule has 6 nitrogen and oxygen atoms in total. The Labute approximate surface area is 150 Å². The number of nitrogens with zero attached hydrogens (tertiary/aromatic N) is 3. The molecule has 7 heteroatoms. The zero-order valence-electron chi connectivity index (χ0n) is 13.9. The van der Waals surface area contributed by atoms with Crippen molar-refractivity contribution >= 4 is 20.7 Å². The number of pyridine rings is 2. The number of aromatic nitrogens is 3. The molecular formula is C19H15N3O3S. The topological polar surface area (TPSA) is 74.1 Å². The summed E-state index contributed by atoms with van der Waals surface area (Å²) in [5.74, 6) is 0.427. The molecule has 26 heavy (non-hydrogen) atoms. The van der Waals surface area contributed by atoms with E-state index in [1.807, 2.05) is 48.5 Å². The first-order valence-electron chi connectivity index (χ1n) is 7.89. The minimum Gasteiger partial charge on any atom is -0.373 e. The maximum absolute atomic E-state index is 11.6. The molecule has 0 N–H and O–H groups in total. The van der Waals surface area contributed by atoms with Gasteiger partial charge in [0.1, 0.15) is 5.69 Å². The molecule has 130 valence electrons. The molecule has 0 bridgehead atoms. The molecule has 0 saturated carbocycles. The van der Waals surface area contributed by atoms with Crippen LogP contribution in [0.4, 0.5) is 0 Å². The summed E-state index contributed by atoms with van der Waals surface area (Å²) >= 11 is 0. The predicted molar refractivity (Wildman–Crippen MR) is 98.5 cm³/mol. The lowest BCUT2D eigenvalue weighted by Gasteiger charge is -2.11. The molecule has 4 aromatic rings. The van der Waals surface area contributed by atoms with Crippen molar-refractivity contribution in [3.8, 4) is 17.1 Å². The fourth-order valence-corrected chi connectivity index (χ4v) is 3.23. The van der Waals surface area contributed by atoms with Crippen molar-refractivity contribution < 1.29 is 13.3 Å². The number of rotatable bonds is 4. The lowest BCUT2D eigenvalue weighted by atomic mass is 10.2. The third-order valence-corrected chi connectivity index (χ3v) is 4.88. The van der Waals surface area contributed by atoms with E-state index in [-0.39, 0.29) is 5.03 Å². The van der Waals surface area contributed by atoms with Gasteiger partial charge in [-0.05, 0) is 36.4 Å². The number of hydrogen-bond acceptors (Lipinski definition) is 5. The monoisotopic (exact) mass is 365 g/mol. The molecule has 3 heterocycles. The first kappa shape index (κ1) is 16.3. The molecule has 1 aromatic carbocycles. The number of para-hydroxylation sites is 1. The van der Waals surface area contributed by atoms with Crippen LogP contribution >= 0.6 is 0 Å². The van der Waals surface area contributed by atoms with Gasteiger partial charge in [-0.2, -0.15) is 4.73 Å². The Morgan fingerprint density at radius 2 is 1.77 bits per heavy atom. The van der Waals surface area contributed by atoms with Gasteiger partial charge < -0.3 is 4.84 Å². The van der Waals surface area contributed by atoms with Gasteiger partial charge in [-0.1, -0.05) is 24.3 Å². The number of hydrogen-bond donors (Lipinski definition) is 0. The smallest absolute Gasteiger partial charge is 0.192 e. The molecule has 0 unspecified atom stereocenters. The molecule has 0 fully saturated rings. The van der Waals surface area contributed by atoms with Crippen molar-refractivity contribution in [2.24, 2.45) is 0 Å². The van der Waals surface area contributed by atoms with E-state index in [4.69, 9.17) is 4.84 Å². The van der Waals surface area contributed by atoms with Gasteiger partial charge in [0.2, 0.25) is 0 Å². The zero-order valence-corrected chi connectivity index (χ0v) is 14.7. The fraction of sp³-hybridized carbons (Fsp3) is 0.0526. The summed E-state index contributed by atoms with van der Waals surface area (Å²) in [7, 11) is -3.35. The second-order valence-electron chi connectivity index (χ2n) is 5.79. The first-order chi connectivity index (χ1) is 12.5. The van der Waals surface area contributed by atoms with Crippen LogP contribution in [0, 0.1) is 0 Å². The second-order valence-corrected chi connectivity index (χ2v) is 7.76. The Balaban J connectivity index is 1.81. The van der Waals surface area contributed by atoms with E-state index in [1.54, 1.807) is 17.0 Å². The average Bonchev–Trinajstić information content (AvgIpc) is 3.01. The Bertz CT molecular complexity index is 1170. The van der Waals surface area contributed by atoms with Crippen LogP contribution < -0.4 is 4.84 Å². The summed E-state index contributed by atoms with van der Waals surface area (Å²) < 4.78 is 24.8. The second kappa shape index (κ2) is 6.27. The van der Waals surface area contributed by atoms with Crippen LogP contribution in [0.3, 0.4) is 0 Å². The van der Waals surface area contributed by atoms with Crippen LogP contribution in [0.2, 0.25) is 0 Å². The van der Waals surface area contributed by atoms with Crippen LogP contribution in [0.15, 0.2) is 78.1 Å². The lowest BCUT2D eigenvalue weighted by molar-refractivity contribution is 0.232. The van der Waals surface area contributed by atoms with E-state index in [9.17, 15) is 8.42 Å². The quantitative estimate of drug-likeness (QED) is 0.554. The SMILES string of the molecule is CS(=O)(=O)c1ccc(On2c(-c3ccccn3)cc3ccccc32)cn1. The van der Waals surface area contributed by atoms with E-state index in [0.717, 1.165) is 28.5 Å². The molecule has 0 atom stereocenters. The van der Waals surface area contributed by atoms with Gasteiger partial charge in [-0.25, -0.2) is 13.4 Å². The molecule has 0 aliphatic carbocycles. The van der Waals surface area contributed by atoms with Crippen LogP contribution in [0.5, 0.6) is 5.75 Å². The van der Waals surface area contributed by atoms with Gasteiger partial charge in [0.25, 0.3) is 0 Å². The average molecular weight is 365 g/mol. The molecule has 0 radical (unpaired) electrons. The molecule has 0 amide bonds. The van der Waals surface area contributed by atoms with Gasteiger partial charge >= 0.3 is 0 Å². The molecule has 3 aromatic heterocycles. The Hall–Kier alpha value is -3.19. The number of sulfone groups is 1. The van der Waals surface area contributed by atoms with Crippen LogP contribution in [0.1, 0.15) is 0 Å². The molecule has 4 rings (SSSR count). The Morgan fingerprint density at radius 1 is 0.962 bits per heavy atom. The van der Waals surface area contributed by atoms with Gasteiger partial charge in [0, 0.05) is 17.8 Å². The molecule has 0 aliphatic rings. The maximum atomic E-state index is 11.6. The highest BCUT2D eigenvalue weighted by Crippen LogP contribution is 2.28. The van der Waals surface area contributed by atoms with Gasteiger partial charge in [-0.15, -0.1) is 0 Å². The van der Waals surface area contributed by atoms with Crippen molar-refractivity contribution in [1.29, 1.82) is 0 Å². The van der Waals surface area contributed by atoms with Crippen molar-refractivity contribution in [2.75, 3.05) is 6.26 Å². The van der Waals surface area contributed by atoms with Crippen molar-refractivity contribution in [1.82, 2.24) is 14.7 Å². The highest BCUT2D eigenvalue weighted by atomic mass is 32.2. The molecule has 0 spiro atoms. The summed E-state index contributed by atoms with van der Waals surface area (Å²) in [4.78, 5) is 14.4. The molecular weight excluding hydrogens is 350 g/mol. The standard InChI is InChI=1S/C19H15N3O3S/c1-26(23,24)19-10-9-15(13-21-19)25-22-17-8-3-2-6-14(17)12-18(22)16-7-4-5-11-20-16/h2-13H,1H3. The molecule has 0 saturated heterocycles. The van der Waals surface area contributed by atoms with Gasteiger partial charge in [0.15, 0.2) is 20.6 Å². The first-order valence-corrected chi connectivity index (χ1v) is 9.78. The fourth-order valence-electron chi connectivity index (χ4n) is 2.67. The highest BCUT2D eigenvalue weighted by Gasteiger charge is 2.14. The Kier molecular flexibility index (Phi) is 3.93. The molecule has 0 aliphatic heterocycles. The van der Waals surface area contributed by atoms with E-state index in [2.05, 4.69) is 9.97 Å². The predicted octanol–water partition coefficient (Wildman–Crippen LogP) is 3.34. The summed E-state index contributed by atoms with van der Waals surface area (Å²) in [6.07, 6.45) is 4.24. The lowest BCUT2D eigenvalue weighted by Crippen LogP contribution is -2.08. The summed E-state index contributed by atoms with van der Waals surface area (Å²) in [5, 5.41) is 1.01. The Morgan fingerprint density at radius 3 is 2.46 bits per heavy atom. The van der Waals surface area contributed by atoms with E-state index >= 15 is 0 Å². The third kappa shape index (κ3) is 3.04. The normalized spacial score (nSPS) is 11.6. The van der Waals surface area contributed by atoms with Crippen molar-refractivity contribution in [3.05, 3.63) is 73.1 Å². The van der Waals surface area contributed by atoms with E-state index < -0.39 is 9.84 Å². The van der Waals surface area contributed by atoms with Gasteiger partial charge in [0.05, 0.1) is 17.4 Å². The minimum atomic E-state index is -3.35. The minimum absolute atomic E-state index is 0.00663. The summed E-state index contributed by atoms with van der Waals surface area (Å²) in [5.41, 5.74) is 2.43. The highest BCUT2D eigenvalue weighted by molar-refractivity contribution is 7.90. The van der Waals surface area contributed by atoms with Crippen molar-refractivity contribution in [3.63, 3.8) is 0 Å². The summed E-state index contributed by atoms with van der Waals surface area (Å²) in [6, 6.07) is 18.5. The van der Waals surface area contributed by atoms with E-state index in [1.165, 1.54) is 12.3 Å². The van der Waals surface area contributed by atoms with Crippen LogP contribution in [0.25, 0.3) is 22.3 Å². The number of benzene rings is 1. The zero-order chi connectivity index (χ0) is 18.1. The summed E-state index contributed by atoms with van der Waals surface area (Å²) in [6.45, 7) is 0. The third-order valence-electron chi connectivity index (χ3n) is 3.88. The number of fused-ring (bicyclic) bond motifs is 1. The van der Waals surface area contributed by atoms with Gasteiger partial charge in [-0.3, -0.25) is 4.98 Å². The maximum Gasteiger partial charge on any atom is 0.192 e. The van der Waals surface area contributed by atoms with Crippen LogP contribution in [-0.4, -0.2) is 29.4 Å². The van der Waals surface area contributed by atoms with Crippen LogP contribution in [-0.2, 0) is 9.84 Å². The van der Waals surface area contributed by atoms with Crippen molar-refractivity contribution in [2.45, 2.75) is 5.03 Å².